The summed E-state index contributed by atoms with van der Waals surface area (Å²) in [6.07, 6.45) is 2.32. The minimum absolute atomic E-state index is 0.164. The van der Waals surface area contributed by atoms with Gasteiger partial charge in [0, 0.05) is 17.9 Å². The first kappa shape index (κ1) is 14.3. The third-order valence-corrected chi connectivity index (χ3v) is 4.60. The van der Waals surface area contributed by atoms with Crippen molar-refractivity contribution in [2.24, 2.45) is 5.41 Å². The van der Waals surface area contributed by atoms with E-state index in [9.17, 15) is 4.39 Å². The van der Waals surface area contributed by atoms with Crippen molar-refractivity contribution in [1.29, 1.82) is 0 Å². The first-order chi connectivity index (χ1) is 9.01. The molecular formula is C16H24FNO. The molecule has 0 bridgehead atoms. The molecule has 1 N–H and O–H groups in total. The molecule has 0 saturated heterocycles. The van der Waals surface area contributed by atoms with Crippen molar-refractivity contribution in [2.75, 3.05) is 6.54 Å². The van der Waals surface area contributed by atoms with E-state index in [1.165, 1.54) is 12.1 Å². The van der Waals surface area contributed by atoms with Crippen molar-refractivity contribution in [3.05, 3.63) is 29.6 Å². The van der Waals surface area contributed by atoms with Crippen molar-refractivity contribution in [3.63, 3.8) is 0 Å². The Kier molecular flexibility index (Phi) is 4.14. The topological polar surface area (TPSA) is 21.3 Å². The van der Waals surface area contributed by atoms with Gasteiger partial charge in [0.25, 0.3) is 0 Å². The molecule has 0 aromatic heterocycles. The number of ether oxygens (including phenoxy) is 1. The highest BCUT2D eigenvalue weighted by molar-refractivity contribution is 5.33. The van der Waals surface area contributed by atoms with Gasteiger partial charge < -0.3 is 10.1 Å². The zero-order valence-corrected chi connectivity index (χ0v) is 12.3. The van der Waals surface area contributed by atoms with Crippen molar-refractivity contribution < 1.29 is 9.13 Å². The fraction of sp³-hybridized carbons (Fsp3) is 0.625. The van der Waals surface area contributed by atoms with E-state index in [2.05, 4.69) is 26.1 Å². The molecule has 0 spiro atoms. The summed E-state index contributed by atoms with van der Waals surface area (Å²) in [5.74, 6) is 0.600. The molecule has 1 aromatic carbocycles. The maximum Gasteiger partial charge on any atom is 0.123 e. The van der Waals surface area contributed by atoms with Gasteiger partial charge in [0.1, 0.15) is 17.7 Å². The van der Waals surface area contributed by atoms with Gasteiger partial charge in [0.05, 0.1) is 0 Å². The number of hydrogen-bond acceptors (Lipinski definition) is 2. The minimum Gasteiger partial charge on any atom is -0.489 e. The lowest BCUT2D eigenvalue weighted by molar-refractivity contribution is -0.0700. The Balaban J connectivity index is 2.08. The standard InChI is InChI=1S/C16H24FNO/c1-5-16(4)14(18-6-2)10-15(16)19-13-8-7-12(17)9-11(13)3/h7-9,14-15,18H,5-6,10H2,1-4H3. The van der Waals surface area contributed by atoms with Gasteiger partial charge >= 0.3 is 0 Å². The summed E-state index contributed by atoms with van der Waals surface area (Å²) in [5, 5.41) is 3.52. The summed E-state index contributed by atoms with van der Waals surface area (Å²) in [4.78, 5) is 0. The molecule has 0 aliphatic heterocycles. The molecule has 1 saturated carbocycles. The Morgan fingerprint density at radius 2 is 2.16 bits per heavy atom. The second kappa shape index (κ2) is 5.49. The Hall–Kier alpha value is -1.09. The summed E-state index contributed by atoms with van der Waals surface area (Å²) in [7, 11) is 0. The molecule has 2 rings (SSSR count). The highest BCUT2D eigenvalue weighted by atomic mass is 19.1. The zero-order valence-electron chi connectivity index (χ0n) is 12.3. The van der Waals surface area contributed by atoms with E-state index >= 15 is 0 Å². The van der Waals surface area contributed by atoms with Gasteiger partial charge in [0.2, 0.25) is 0 Å². The molecule has 0 radical (unpaired) electrons. The molecule has 1 aromatic rings. The third-order valence-electron chi connectivity index (χ3n) is 4.60. The summed E-state index contributed by atoms with van der Waals surface area (Å²) < 4.78 is 19.2. The highest BCUT2D eigenvalue weighted by Gasteiger charge is 2.51. The van der Waals surface area contributed by atoms with Crippen LogP contribution in [0.25, 0.3) is 0 Å². The third kappa shape index (κ3) is 2.62. The molecule has 1 fully saturated rings. The first-order valence-electron chi connectivity index (χ1n) is 7.17. The Morgan fingerprint density at radius 3 is 2.74 bits per heavy atom. The number of hydrogen-bond donors (Lipinski definition) is 1. The van der Waals surface area contributed by atoms with Crippen molar-refractivity contribution in [3.8, 4) is 5.75 Å². The van der Waals surface area contributed by atoms with Crippen molar-refractivity contribution in [2.45, 2.75) is 52.7 Å². The predicted molar refractivity (Wildman–Crippen MR) is 76.0 cm³/mol. The average molecular weight is 265 g/mol. The van der Waals surface area contributed by atoms with Crippen LogP contribution in [-0.4, -0.2) is 18.7 Å². The average Bonchev–Trinajstić information content (AvgIpc) is 2.39. The van der Waals surface area contributed by atoms with E-state index in [4.69, 9.17) is 4.74 Å². The van der Waals surface area contributed by atoms with E-state index in [0.717, 1.165) is 30.7 Å². The van der Waals surface area contributed by atoms with Crippen LogP contribution in [0, 0.1) is 18.2 Å². The van der Waals surface area contributed by atoms with Gasteiger partial charge in [-0.05, 0) is 43.7 Å². The number of nitrogens with one attached hydrogen (secondary N) is 1. The van der Waals surface area contributed by atoms with Crippen LogP contribution in [0.3, 0.4) is 0 Å². The SMILES string of the molecule is CCNC1CC(Oc2ccc(F)cc2C)C1(C)CC. The number of benzene rings is 1. The second-order valence-electron chi connectivity index (χ2n) is 5.72. The lowest BCUT2D eigenvalue weighted by Crippen LogP contribution is -2.63. The largest absolute Gasteiger partial charge is 0.489 e. The molecule has 3 unspecified atom stereocenters. The van der Waals surface area contributed by atoms with Gasteiger partial charge in [0.15, 0.2) is 0 Å². The van der Waals surface area contributed by atoms with Crippen LogP contribution < -0.4 is 10.1 Å². The number of halogens is 1. The van der Waals surface area contributed by atoms with Gasteiger partial charge in [-0.3, -0.25) is 0 Å². The van der Waals surface area contributed by atoms with Gasteiger partial charge in [-0.25, -0.2) is 4.39 Å². The van der Waals surface area contributed by atoms with Crippen LogP contribution in [0.5, 0.6) is 5.75 Å². The van der Waals surface area contributed by atoms with Crippen LogP contribution in [0.4, 0.5) is 4.39 Å². The lowest BCUT2D eigenvalue weighted by Gasteiger charge is -2.53. The quantitative estimate of drug-likeness (QED) is 0.877. The van der Waals surface area contributed by atoms with Crippen molar-refractivity contribution in [1.82, 2.24) is 5.32 Å². The minimum atomic E-state index is -0.206. The molecule has 3 atom stereocenters. The maximum absolute atomic E-state index is 13.1. The molecule has 3 heteroatoms. The monoisotopic (exact) mass is 265 g/mol. The smallest absolute Gasteiger partial charge is 0.123 e. The molecule has 0 amide bonds. The zero-order chi connectivity index (χ0) is 14.0. The van der Waals surface area contributed by atoms with E-state index < -0.39 is 0 Å². The molecular weight excluding hydrogens is 241 g/mol. The van der Waals surface area contributed by atoms with Gasteiger partial charge in [-0.2, -0.15) is 0 Å². The number of aryl methyl sites for hydroxylation is 1. The Morgan fingerprint density at radius 1 is 1.42 bits per heavy atom. The van der Waals surface area contributed by atoms with E-state index in [-0.39, 0.29) is 17.3 Å². The normalized spacial score (nSPS) is 29.9. The Bertz CT molecular complexity index is 448. The van der Waals surface area contributed by atoms with E-state index in [1.807, 2.05) is 6.92 Å². The predicted octanol–water partition coefficient (Wildman–Crippen LogP) is 3.68. The summed E-state index contributed by atoms with van der Waals surface area (Å²) in [5.41, 5.74) is 1.03. The lowest BCUT2D eigenvalue weighted by atomic mass is 9.61. The van der Waals surface area contributed by atoms with Gasteiger partial charge in [-0.1, -0.05) is 20.8 Å². The van der Waals surface area contributed by atoms with Crippen molar-refractivity contribution >= 4 is 0 Å². The number of rotatable bonds is 5. The highest BCUT2D eigenvalue weighted by Crippen LogP contribution is 2.46. The van der Waals surface area contributed by atoms with Crippen LogP contribution >= 0.6 is 0 Å². The molecule has 1 aliphatic carbocycles. The first-order valence-corrected chi connectivity index (χ1v) is 7.17. The second-order valence-corrected chi connectivity index (χ2v) is 5.72. The fourth-order valence-corrected chi connectivity index (χ4v) is 2.93. The summed E-state index contributed by atoms with van der Waals surface area (Å²) in [6, 6.07) is 5.25. The van der Waals surface area contributed by atoms with Gasteiger partial charge in [-0.15, -0.1) is 0 Å². The summed E-state index contributed by atoms with van der Waals surface area (Å²) in [6.45, 7) is 9.49. The van der Waals surface area contributed by atoms with Crippen LogP contribution in [0.15, 0.2) is 18.2 Å². The Labute approximate surface area is 115 Å². The molecule has 106 valence electrons. The molecule has 2 nitrogen and oxygen atoms in total. The fourth-order valence-electron chi connectivity index (χ4n) is 2.93. The van der Waals surface area contributed by atoms with E-state index in [0.29, 0.717) is 6.04 Å². The molecule has 1 aliphatic rings. The molecule has 0 heterocycles. The van der Waals surface area contributed by atoms with Crippen LogP contribution in [0.2, 0.25) is 0 Å². The maximum atomic E-state index is 13.1. The summed E-state index contributed by atoms with van der Waals surface area (Å²) >= 11 is 0. The van der Waals surface area contributed by atoms with Crippen LogP contribution in [-0.2, 0) is 0 Å². The molecule has 19 heavy (non-hydrogen) atoms. The van der Waals surface area contributed by atoms with Crippen LogP contribution in [0.1, 0.15) is 39.2 Å². The van der Waals surface area contributed by atoms with E-state index in [1.54, 1.807) is 6.07 Å².